The highest BCUT2D eigenvalue weighted by Gasteiger charge is 2.12. The Balaban J connectivity index is 2.95. The second-order valence-electron chi connectivity index (χ2n) is 3.11. The molecule has 0 spiro atoms. The summed E-state index contributed by atoms with van der Waals surface area (Å²) in [6, 6.07) is 0. The Kier molecular flexibility index (Phi) is 4.80. The zero-order valence-corrected chi connectivity index (χ0v) is 9.71. The van der Waals surface area contributed by atoms with Crippen LogP contribution in [0.25, 0.3) is 0 Å². The molecule has 0 aromatic carbocycles. The Morgan fingerprint density at radius 3 is 2.87 bits per heavy atom. The molecule has 1 rings (SSSR count). The number of aliphatic hydroxyl groups excluding tert-OH is 1. The van der Waals surface area contributed by atoms with Gasteiger partial charge in [-0.15, -0.1) is 11.8 Å². The van der Waals surface area contributed by atoms with Gasteiger partial charge < -0.3 is 10.5 Å². The molecule has 5 nitrogen and oxygen atoms in total. The van der Waals surface area contributed by atoms with Crippen molar-refractivity contribution in [3.63, 3.8) is 0 Å². The van der Waals surface area contributed by atoms with Crippen molar-refractivity contribution in [2.45, 2.75) is 30.5 Å². The smallest absolute Gasteiger partial charge is 0.147 e. The van der Waals surface area contributed by atoms with Crippen LogP contribution in [0.4, 0.5) is 5.82 Å². The van der Waals surface area contributed by atoms with Crippen LogP contribution in [-0.4, -0.2) is 26.9 Å². The molecule has 6 heteroatoms. The van der Waals surface area contributed by atoms with Crippen LogP contribution in [-0.2, 0) is 6.42 Å². The van der Waals surface area contributed by atoms with Gasteiger partial charge in [0.05, 0.1) is 6.61 Å². The summed E-state index contributed by atoms with van der Waals surface area (Å²) in [5.41, 5.74) is 3.54. The molecule has 0 aliphatic carbocycles. The number of aromatic nitrogens is 2. The molecule has 1 heterocycles. The molecule has 0 saturated heterocycles. The molecule has 1 aromatic heterocycles. The molecule has 1 atom stereocenters. The van der Waals surface area contributed by atoms with Gasteiger partial charge in [0.2, 0.25) is 0 Å². The Morgan fingerprint density at radius 2 is 2.33 bits per heavy atom. The van der Waals surface area contributed by atoms with Crippen LogP contribution in [0.1, 0.15) is 19.4 Å². The maximum Gasteiger partial charge on any atom is 0.147 e. The van der Waals surface area contributed by atoms with Gasteiger partial charge in [-0.25, -0.2) is 15.8 Å². The minimum atomic E-state index is 0.121. The van der Waals surface area contributed by atoms with E-state index in [4.69, 9.17) is 10.9 Å². The van der Waals surface area contributed by atoms with E-state index in [1.54, 1.807) is 0 Å². The molecule has 1 unspecified atom stereocenters. The van der Waals surface area contributed by atoms with Gasteiger partial charge in [0.25, 0.3) is 0 Å². The first-order chi connectivity index (χ1) is 7.22. The van der Waals surface area contributed by atoms with E-state index in [0.29, 0.717) is 5.82 Å². The molecule has 0 aliphatic rings. The fourth-order valence-corrected chi connectivity index (χ4v) is 2.12. The van der Waals surface area contributed by atoms with Gasteiger partial charge in [0.1, 0.15) is 17.2 Å². The lowest BCUT2D eigenvalue weighted by atomic mass is 10.2. The molecular weight excluding hydrogens is 212 g/mol. The topological polar surface area (TPSA) is 84.1 Å². The van der Waals surface area contributed by atoms with Crippen LogP contribution < -0.4 is 11.3 Å². The van der Waals surface area contributed by atoms with Crippen LogP contribution in [0.5, 0.6) is 0 Å². The van der Waals surface area contributed by atoms with E-state index in [-0.39, 0.29) is 11.9 Å². The van der Waals surface area contributed by atoms with Gasteiger partial charge in [-0.05, 0) is 6.42 Å². The Bertz CT molecular complexity index is 321. The minimum absolute atomic E-state index is 0.121. The molecule has 1 aromatic rings. The summed E-state index contributed by atoms with van der Waals surface area (Å²) in [6.07, 6.45) is 2.28. The van der Waals surface area contributed by atoms with E-state index in [2.05, 4.69) is 15.4 Å². The van der Waals surface area contributed by atoms with Crippen LogP contribution in [0.2, 0.25) is 0 Å². The van der Waals surface area contributed by atoms with E-state index < -0.39 is 0 Å². The van der Waals surface area contributed by atoms with E-state index in [1.165, 1.54) is 18.1 Å². The number of hydrogen-bond donors (Lipinski definition) is 3. The van der Waals surface area contributed by atoms with Gasteiger partial charge in [0, 0.05) is 10.8 Å². The standard InChI is InChI=1S/C9H16N4OS/c1-3-7-8(13-10)11-5-12-9(7)15-6(2)4-14/h5-6,14H,3-4,10H2,1-2H3,(H,11,12,13). The van der Waals surface area contributed by atoms with Gasteiger partial charge >= 0.3 is 0 Å². The predicted molar refractivity (Wildman–Crippen MR) is 61.6 cm³/mol. The summed E-state index contributed by atoms with van der Waals surface area (Å²) in [5, 5.41) is 9.98. The van der Waals surface area contributed by atoms with Crippen molar-refractivity contribution in [3.05, 3.63) is 11.9 Å². The molecule has 0 bridgehead atoms. The van der Waals surface area contributed by atoms with Crippen LogP contribution in [0.15, 0.2) is 11.4 Å². The number of hydrogen-bond acceptors (Lipinski definition) is 6. The first-order valence-corrected chi connectivity index (χ1v) is 5.68. The summed E-state index contributed by atoms with van der Waals surface area (Å²) in [6.45, 7) is 4.10. The Hall–Kier alpha value is -0.850. The first-order valence-electron chi connectivity index (χ1n) is 4.80. The van der Waals surface area contributed by atoms with Gasteiger partial charge in [-0.3, -0.25) is 0 Å². The lowest BCUT2D eigenvalue weighted by Gasteiger charge is -2.12. The van der Waals surface area contributed by atoms with Crippen molar-refractivity contribution in [3.8, 4) is 0 Å². The molecule has 15 heavy (non-hydrogen) atoms. The average molecular weight is 228 g/mol. The number of nitrogen functional groups attached to an aromatic ring is 1. The number of nitrogens with zero attached hydrogens (tertiary/aromatic N) is 2. The summed E-state index contributed by atoms with van der Waals surface area (Å²) in [4.78, 5) is 8.23. The van der Waals surface area contributed by atoms with E-state index in [9.17, 15) is 0 Å². The lowest BCUT2D eigenvalue weighted by molar-refractivity contribution is 0.300. The number of nitrogens with two attached hydrogens (primary N) is 1. The van der Waals surface area contributed by atoms with Crippen LogP contribution in [0, 0.1) is 0 Å². The normalized spacial score (nSPS) is 12.5. The maximum atomic E-state index is 8.98. The summed E-state index contributed by atoms with van der Waals surface area (Å²) in [5.74, 6) is 6.01. The highest BCUT2D eigenvalue weighted by molar-refractivity contribution is 7.99. The average Bonchev–Trinajstić information content (AvgIpc) is 2.28. The predicted octanol–water partition coefficient (Wildman–Crippen LogP) is 0.797. The third-order valence-corrected chi connectivity index (χ3v) is 3.09. The van der Waals surface area contributed by atoms with Crippen molar-refractivity contribution in [1.82, 2.24) is 9.97 Å². The van der Waals surface area contributed by atoms with Crippen molar-refractivity contribution in [2.75, 3.05) is 12.0 Å². The van der Waals surface area contributed by atoms with E-state index in [0.717, 1.165) is 17.0 Å². The van der Waals surface area contributed by atoms with Crippen molar-refractivity contribution >= 4 is 17.6 Å². The second kappa shape index (κ2) is 5.89. The molecular formula is C9H16N4OS. The monoisotopic (exact) mass is 228 g/mol. The van der Waals surface area contributed by atoms with Gasteiger partial charge in [-0.2, -0.15) is 0 Å². The first kappa shape index (κ1) is 12.2. The lowest BCUT2D eigenvalue weighted by Crippen LogP contribution is -2.13. The zero-order valence-electron chi connectivity index (χ0n) is 8.90. The molecule has 0 aliphatic heterocycles. The second-order valence-corrected chi connectivity index (χ2v) is 4.54. The maximum absolute atomic E-state index is 8.98. The van der Waals surface area contributed by atoms with E-state index >= 15 is 0 Å². The minimum Gasteiger partial charge on any atom is -0.395 e. The van der Waals surface area contributed by atoms with Crippen LogP contribution in [0.3, 0.4) is 0 Å². The number of hydrazine groups is 1. The number of anilines is 1. The summed E-state index contributed by atoms with van der Waals surface area (Å²) >= 11 is 1.53. The highest BCUT2D eigenvalue weighted by atomic mass is 32.2. The zero-order chi connectivity index (χ0) is 11.3. The molecule has 0 amide bonds. The van der Waals surface area contributed by atoms with Gasteiger partial charge in [0.15, 0.2) is 0 Å². The fourth-order valence-electron chi connectivity index (χ4n) is 1.17. The molecule has 0 fully saturated rings. The largest absolute Gasteiger partial charge is 0.395 e. The van der Waals surface area contributed by atoms with Crippen molar-refractivity contribution < 1.29 is 5.11 Å². The molecule has 0 radical (unpaired) electrons. The Labute approximate surface area is 93.5 Å². The highest BCUT2D eigenvalue weighted by Crippen LogP contribution is 2.27. The van der Waals surface area contributed by atoms with E-state index in [1.807, 2.05) is 13.8 Å². The SMILES string of the molecule is CCc1c(NN)ncnc1SC(C)CO. The quantitative estimate of drug-likeness (QED) is 0.299. The van der Waals surface area contributed by atoms with Crippen molar-refractivity contribution in [2.24, 2.45) is 5.84 Å². The molecule has 0 saturated carbocycles. The molecule has 4 N–H and O–H groups in total. The van der Waals surface area contributed by atoms with Gasteiger partial charge in [-0.1, -0.05) is 13.8 Å². The van der Waals surface area contributed by atoms with Crippen LogP contribution >= 0.6 is 11.8 Å². The molecule has 84 valence electrons. The third kappa shape index (κ3) is 3.05. The summed E-state index contributed by atoms with van der Waals surface area (Å²) < 4.78 is 0. The number of aliphatic hydroxyl groups is 1. The number of rotatable bonds is 5. The third-order valence-electron chi connectivity index (χ3n) is 1.97. The summed E-state index contributed by atoms with van der Waals surface area (Å²) in [7, 11) is 0. The van der Waals surface area contributed by atoms with Crippen molar-refractivity contribution in [1.29, 1.82) is 0 Å². The Morgan fingerprint density at radius 1 is 1.60 bits per heavy atom. The fraction of sp³-hybridized carbons (Fsp3) is 0.556. The number of nitrogens with one attached hydrogen (secondary N) is 1. The number of thioether (sulfide) groups is 1.